The second-order valence-electron chi connectivity index (χ2n) is 2.09. The summed E-state index contributed by atoms with van der Waals surface area (Å²) in [5.41, 5.74) is -2.92. The molecule has 72 valence electrons. The van der Waals surface area contributed by atoms with Crippen LogP contribution in [0.3, 0.4) is 0 Å². The SMILES string of the molecule is O=C(O)c1c(C(F)(F)F)ncn1O. The Labute approximate surface area is 69.0 Å². The van der Waals surface area contributed by atoms with Crippen molar-refractivity contribution in [1.82, 2.24) is 9.71 Å². The first-order chi connectivity index (χ1) is 5.84. The van der Waals surface area contributed by atoms with Crippen molar-refractivity contribution in [3.8, 4) is 0 Å². The number of halogens is 3. The predicted octanol–water partition coefficient (Wildman–Crippen LogP) is 0.837. The maximum atomic E-state index is 12.0. The molecule has 0 fully saturated rings. The third-order valence-electron chi connectivity index (χ3n) is 1.22. The van der Waals surface area contributed by atoms with E-state index in [-0.39, 0.29) is 4.73 Å². The number of hydrogen-bond donors (Lipinski definition) is 2. The van der Waals surface area contributed by atoms with E-state index in [9.17, 15) is 18.0 Å². The van der Waals surface area contributed by atoms with Gasteiger partial charge in [0.1, 0.15) is 6.33 Å². The molecule has 1 aromatic heterocycles. The van der Waals surface area contributed by atoms with Crippen LogP contribution in [0.4, 0.5) is 13.2 Å². The summed E-state index contributed by atoms with van der Waals surface area (Å²) < 4.78 is 35.7. The molecular weight excluding hydrogens is 193 g/mol. The van der Waals surface area contributed by atoms with Gasteiger partial charge in [-0.1, -0.05) is 0 Å². The zero-order chi connectivity index (χ0) is 10.2. The number of carbonyl (C=O) groups is 1. The predicted molar refractivity (Wildman–Crippen MR) is 31.4 cm³/mol. The highest BCUT2D eigenvalue weighted by molar-refractivity contribution is 5.87. The molecular formula is C5H3F3N2O3. The van der Waals surface area contributed by atoms with E-state index in [1.165, 1.54) is 0 Å². The summed E-state index contributed by atoms with van der Waals surface area (Å²) in [6.07, 6.45) is -4.52. The fourth-order valence-electron chi connectivity index (χ4n) is 0.747. The average Bonchev–Trinajstić information content (AvgIpc) is 2.28. The third kappa shape index (κ3) is 1.55. The minimum absolute atomic E-state index is 0.189. The van der Waals surface area contributed by atoms with E-state index >= 15 is 0 Å². The van der Waals surface area contributed by atoms with Crippen LogP contribution in [-0.4, -0.2) is 26.0 Å². The zero-order valence-corrected chi connectivity index (χ0v) is 5.91. The van der Waals surface area contributed by atoms with Crippen LogP contribution in [0.25, 0.3) is 0 Å². The fraction of sp³-hybridized carbons (Fsp3) is 0.200. The maximum Gasteiger partial charge on any atom is 0.435 e. The molecule has 5 nitrogen and oxygen atoms in total. The van der Waals surface area contributed by atoms with Gasteiger partial charge >= 0.3 is 12.1 Å². The first-order valence-electron chi connectivity index (χ1n) is 2.91. The van der Waals surface area contributed by atoms with Crippen molar-refractivity contribution in [2.45, 2.75) is 6.18 Å². The molecule has 0 radical (unpaired) electrons. The lowest BCUT2D eigenvalue weighted by molar-refractivity contribution is -0.141. The first-order valence-corrected chi connectivity index (χ1v) is 2.91. The molecule has 2 N–H and O–H groups in total. The minimum atomic E-state index is -4.89. The lowest BCUT2D eigenvalue weighted by Crippen LogP contribution is -2.15. The summed E-state index contributed by atoms with van der Waals surface area (Å²) >= 11 is 0. The molecule has 0 aromatic carbocycles. The average molecular weight is 196 g/mol. The highest BCUT2D eigenvalue weighted by Gasteiger charge is 2.40. The van der Waals surface area contributed by atoms with Crippen LogP contribution in [-0.2, 0) is 6.18 Å². The summed E-state index contributed by atoms with van der Waals surface area (Å²) in [7, 11) is 0. The van der Waals surface area contributed by atoms with Crippen molar-refractivity contribution in [2.24, 2.45) is 0 Å². The Morgan fingerprint density at radius 1 is 1.54 bits per heavy atom. The summed E-state index contributed by atoms with van der Waals surface area (Å²) in [5.74, 6) is -1.90. The molecule has 0 aliphatic heterocycles. The molecule has 13 heavy (non-hydrogen) atoms. The highest BCUT2D eigenvalue weighted by Crippen LogP contribution is 2.30. The number of imidazole rings is 1. The molecule has 0 spiro atoms. The summed E-state index contributed by atoms with van der Waals surface area (Å²) in [6, 6.07) is 0. The fourth-order valence-corrected chi connectivity index (χ4v) is 0.747. The Bertz CT molecular complexity index is 343. The molecule has 0 aliphatic rings. The van der Waals surface area contributed by atoms with Gasteiger partial charge in [0, 0.05) is 0 Å². The third-order valence-corrected chi connectivity index (χ3v) is 1.22. The van der Waals surface area contributed by atoms with E-state index in [0.29, 0.717) is 6.33 Å². The Kier molecular flexibility index (Phi) is 1.90. The monoisotopic (exact) mass is 196 g/mol. The smallest absolute Gasteiger partial charge is 0.435 e. The van der Waals surface area contributed by atoms with Gasteiger partial charge < -0.3 is 10.3 Å². The van der Waals surface area contributed by atoms with Gasteiger partial charge in [-0.25, -0.2) is 9.78 Å². The van der Waals surface area contributed by atoms with Gasteiger partial charge in [-0.15, -0.1) is 0 Å². The van der Waals surface area contributed by atoms with Gasteiger partial charge in [-0.3, -0.25) is 0 Å². The lowest BCUT2D eigenvalue weighted by atomic mass is 10.3. The van der Waals surface area contributed by atoms with E-state index in [1.807, 2.05) is 0 Å². The van der Waals surface area contributed by atoms with Gasteiger partial charge in [0.25, 0.3) is 0 Å². The number of hydrogen-bond acceptors (Lipinski definition) is 3. The van der Waals surface area contributed by atoms with Crippen LogP contribution in [0.15, 0.2) is 6.33 Å². The van der Waals surface area contributed by atoms with Crippen molar-refractivity contribution < 1.29 is 28.3 Å². The normalized spacial score (nSPS) is 11.6. The first kappa shape index (κ1) is 9.36. The summed E-state index contributed by atoms with van der Waals surface area (Å²) in [4.78, 5) is 12.9. The van der Waals surface area contributed by atoms with E-state index in [0.717, 1.165) is 0 Å². The number of alkyl halides is 3. The van der Waals surface area contributed by atoms with Gasteiger partial charge in [-0.05, 0) is 0 Å². The van der Waals surface area contributed by atoms with Crippen LogP contribution in [0.2, 0.25) is 0 Å². The van der Waals surface area contributed by atoms with Crippen LogP contribution in [0.1, 0.15) is 16.2 Å². The van der Waals surface area contributed by atoms with Gasteiger partial charge in [-0.2, -0.15) is 17.9 Å². The molecule has 0 amide bonds. The van der Waals surface area contributed by atoms with Crippen LogP contribution in [0, 0.1) is 0 Å². The molecule has 0 aliphatic carbocycles. The van der Waals surface area contributed by atoms with Crippen LogP contribution < -0.4 is 0 Å². The topological polar surface area (TPSA) is 75.3 Å². The van der Waals surface area contributed by atoms with E-state index in [4.69, 9.17) is 10.3 Å². The number of nitrogens with zero attached hydrogens (tertiary/aromatic N) is 2. The molecule has 1 heterocycles. The maximum absolute atomic E-state index is 12.0. The Balaban J connectivity index is 3.31. The quantitative estimate of drug-likeness (QED) is 0.652. The van der Waals surface area contributed by atoms with Gasteiger partial charge in [0.05, 0.1) is 0 Å². The standard InChI is InChI=1S/C5H3F3N2O3/c6-5(7,8)3-2(4(11)12)10(13)1-9-3/h1,13H,(H,11,12). The molecule has 0 unspecified atom stereocenters. The minimum Gasteiger partial charge on any atom is -0.476 e. The Morgan fingerprint density at radius 3 is 2.38 bits per heavy atom. The van der Waals surface area contributed by atoms with Crippen molar-refractivity contribution >= 4 is 5.97 Å². The highest BCUT2D eigenvalue weighted by atomic mass is 19.4. The van der Waals surface area contributed by atoms with Crippen molar-refractivity contribution in [2.75, 3.05) is 0 Å². The van der Waals surface area contributed by atoms with Crippen LogP contribution in [0.5, 0.6) is 0 Å². The summed E-state index contributed by atoms with van der Waals surface area (Å²) in [6.45, 7) is 0. The molecule has 0 saturated carbocycles. The molecule has 0 saturated heterocycles. The number of rotatable bonds is 1. The van der Waals surface area contributed by atoms with Gasteiger partial charge in [0.15, 0.2) is 11.4 Å². The lowest BCUT2D eigenvalue weighted by Gasteiger charge is -2.03. The summed E-state index contributed by atoms with van der Waals surface area (Å²) in [5, 5.41) is 16.9. The number of aromatic carboxylic acids is 1. The van der Waals surface area contributed by atoms with Crippen LogP contribution >= 0.6 is 0 Å². The van der Waals surface area contributed by atoms with E-state index in [1.54, 1.807) is 0 Å². The van der Waals surface area contributed by atoms with Crippen molar-refractivity contribution in [3.63, 3.8) is 0 Å². The second-order valence-corrected chi connectivity index (χ2v) is 2.09. The Hall–Kier alpha value is -1.73. The molecule has 0 bridgehead atoms. The van der Waals surface area contributed by atoms with E-state index in [2.05, 4.69) is 4.98 Å². The van der Waals surface area contributed by atoms with Crippen molar-refractivity contribution in [3.05, 3.63) is 17.7 Å². The molecule has 0 atom stereocenters. The van der Waals surface area contributed by atoms with Crippen molar-refractivity contribution in [1.29, 1.82) is 0 Å². The Morgan fingerprint density at radius 2 is 2.08 bits per heavy atom. The molecule has 8 heteroatoms. The number of carboxylic acid groups (broad SMARTS) is 1. The van der Waals surface area contributed by atoms with Gasteiger partial charge in [0.2, 0.25) is 0 Å². The number of aromatic nitrogens is 2. The molecule has 1 aromatic rings. The number of carboxylic acids is 1. The zero-order valence-electron chi connectivity index (χ0n) is 5.91. The second kappa shape index (κ2) is 2.64. The van der Waals surface area contributed by atoms with E-state index < -0.39 is 23.5 Å². The molecule has 1 rings (SSSR count). The largest absolute Gasteiger partial charge is 0.476 e.